The van der Waals surface area contributed by atoms with Crippen molar-refractivity contribution in [1.29, 1.82) is 0 Å². The van der Waals surface area contributed by atoms with E-state index in [1.807, 2.05) is 28.7 Å². The number of thioether (sulfide) groups is 1. The lowest BCUT2D eigenvalue weighted by molar-refractivity contribution is 0.696. The summed E-state index contributed by atoms with van der Waals surface area (Å²) in [7, 11) is 1.92. The van der Waals surface area contributed by atoms with Crippen molar-refractivity contribution in [3.63, 3.8) is 0 Å². The predicted octanol–water partition coefficient (Wildman–Crippen LogP) is 1.32. The van der Waals surface area contributed by atoms with E-state index >= 15 is 0 Å². The minimum absolute atomic E-state index is 0.429. The maximum Gasteiger partial charge on any atom is 0.165 e. The van der Waals surface area contributed by atoms with Crippen LogP contribution in [-0.4, -0.2) is 35.1 Å². The highest BCUT2D eigenvalue weighted by Crippen LogP contribution is 2.19. The van der Waals surface area contributed by atoms with Gasteiger partial charge in [-0.3, -0.25) is 4.68 Å². The van der Waals surface area contributed by atoms with Crippen molar-refractivity contribution >= 4 is 28.7 Å². The average Bonchev–Trinajstić information content (AvgIpc) is 3.02. The van der Waals surface area contributed by atoms with E-state index in [1.165, 1.54) is 11.2 Å². The monoisotopic (exact) mass is 289 g/mol. The zero-order valence-electron chi connectivity index (χ0n) is 11.1. The molecule has 0 aromatic carbocycles. The van der Waals surface area contributed by atoms with Crippen LogP contribution in [0.15, 0.2) is 29.9 Å². The van der Waals surface area contributed by atoms with Gasteiger partial charge >= 0.3 is 0 Å². The summed E-state index contributed by atoms with van der Waals surface area (Å²) in [6, 6.07) is 0. The molecule has 3 aromatic rings. The van der Waals surface area contributed by atoms with Gasteiger partial charge in [-0.25, -0.2) is 15.0 Å². The van der Waals surface area contributed by atoms with Gasteiger partial charge in [-0.15, -0.1) is 11.8 Å². The Kier molecular flexibility index (Phi) is 3.55. The van der Waals surface area contributed by atoms with Crippen LogP contribution in [0, 0.1) is 0 Å². The molecule has 0 bridgehead atoms. The molecule has 20 heavy (non-hydrogen) atoms. The number of fused-ring (bicyclic) bond motifs is 1. The van der Waals surface area contributed by atoms with Gasteiger partial charge in [-0.2, -0.15) is 5.10 Å². The van der Waals surface area contributed by atoms with Crippen molar-refractivity contribution in [2.24, 2.45) is 7.05 Å². The summed E-state index contributed by atoms with van der Waals surface area (Å²) in [6.07, 6.45) is 8.16. The van der Waals surface area contributed by atoms with E-state index in [-0.39, 0.29) is 0 Å². The van der Waals surface area contributed by atoms with Gasteiger partial charge in [0.1, 0.15) is 11.8 Å². The number of rotatable bonds is 5. The predicted molar refractivity (Wildman–Crippen MR) is 78.3 cm³/mol. The Morgan fingerprint density at radius 3 is 3.00 bits per heavy atom. The quantitative estimate of drug-likeness (QED) is 0.563. The molecule has 7 nitrogen and oxygen atoms in total. The number of imidazole rings is 1. The van der Waals surface area contributed by atoms with Crippen LogP contribution in [0.5, 0.6) is 0 Å². The molecule has 0 aliphatic heterocycles. The molecular formula is C12H15N7S. The first-order chi connectivity index (χ1) is 9.74. The Balaban J connectivity index is 1.59. The molecular weight excluding hydrogens is 274 g/mol. The van der Waals surface area contributed by atoms with Crippen LogP contribution < -0.4 is 5.73 Å². The molecule has 104 valence electrons. The van der Waals surface area contributed by atoms with Crippen molar-refractivity contribution in [1.82, 2.24) is 29.3 Å². The van der Waals surface area contributed by atoms with Gasteiger partial charge in [0.25, 0.3) is 0 Å². The third-order valence-corrected chi connectivity index (χ3v) is 3.96. The maximum absolute atomic E-state index is 5.76. The average molecular weight is 289 g/mol. The largest absolute Gasteiger partial charge is 0.382 e. The molecule has 0 saturated heterocycles. The highest BCUT2D eigenvalue weighted by atomic mass is 32.2. The van der Waals surface area contributed by atoms with Gasteiger partial charge in [0.2, 0.25) is 0 Å². The van der Waals surface area contributed by atoms with Crippen LogP contribution in [0.1, 0.15) is 6.42 Å². The van der Waals surface area contributed by atoms with E-state index in [9.17, 15) is 0 Å². The first-order valence-corrected chi connectivity index (χ1v) is 7.25. The molecule has 0 fully saturated rings. The summed E-state index contributed by atoms with van der Waals surface area (Å²) in [4.78, 5) is 13.6. The minimum Gasteiger partial charge on any atom is -0.382 e. The van der Waals surface area contributed by atoms with Crippen LogP contribution in [0.4, 0.5) is 5.82 Å². The van der Waals surface area contributed by atoms with Crippen LogP contribution >= 0.6 is 11.8 Å². The molecule has 3 heterocycles. The molecule has 0 unspecified atom stereocenters. The summed E-state index contributed by atoms with van der Waals surface area (Å²) in [6.45, 7) is 0.861. The number of aryl methyl sites for hydroxylation is 2. The topological polar surface area (TPSA) is 87.4 Å². The Hall–Kier alpha value is -2.09. The first-order valence-electron chi connectivity index (χ1n) is 6.27. The number of nitrogens with zero attached hydrogens (tertiary/aromatic N) is 6. The standard InChI is InChI=1S/C12H15N7S/c1-18-6-9(5-17-18)20-4-2-3-19-8-16-10-11(13)14-7-15-12(10)19/h5-8H,2-4H2,1H3,(H2,13,14,15). The lowest BCUT2D eigenvalue weighted by Crippen LogP contribution is -2.00. The van der Waals surface area contributed by atoms with Crippen LogP contribution in [0.25, 0.3) is 11.2 Å². The van der Waals surface area contributed by atoms with Crippen molar-refractivity contribution in [2.45, 2.75) is 17.9 Å². The van der Waals surface area contributed by atoms with Crippen molar-refractivity contribution < 1.29 is 0 Å². The SMILES string of the molecule is Cn1cc(SCCCn2cnc3c(N)ncnc32)cn1. The van der Waals surface area contributed by atoms with Gasteiger partial charge in [0.15, 0.2) is 11.5 Å². The Morgan fingerprint density at radius 1 is 1.30 bits per heavy atom. The number of nitrogen functional groups attached to an aromatic ring is 1. The summed E-state index contributed by atoms with van der Waals surface area (Å²) >= 11 is 1.80. The fourth-order valence-corrected chi connectivity index (χ4v) is 2.82. The highest BCUT2D eigenvalue weighted by molar-refractivity contribution is 7.99. The second-order valence-corrected chi connectivity index (χ2v) is 5.59. The van der Waals surface area contributed by atoms with Crippen LogP contribution in [-0.2, 0) is 13.6 Å². The van der Waals surface area contributed by atoms with Crippen molar-refractivity contribution in [2.75, 3.05) is 11.5 Å². The van der Waals surface area contributed by atoms with Gasteiger partial charge in [-0.1, -0.05) is 0 Å². The second kappa shape index (κ2) is 5.49. The fourth-order valence-electron chi connectivity index (χ4n) is 1.96. The molecule has 0 aliphatic rings. The summed E-state index contributed by atoms with van der Waals surface area (Å²) in [5.41, 5.74) is 7.23. The van der Waals surface area contributed by atoms with E-state index in [4.69, 9.17) is 5.73 Å². The normalized spacial score (nSPS) is 11.2. The van der Waals surface area contributed by atoms with E-state index in [2.05, 4.69) is 20.1 Å². The molecule has 8 heteroatoms. The Morgan fingerprint density at radius 2 is 2.20 bits per heavy atom. The summed E-state index contributed by atoms with van der Waals surface area (Å²) in [5.74, 6) is 1.45. The molecule has 0 aliphatic carbocycles. The molecule has 0 saturated carbocycles. The van der Waals surface area contributed by atoms with Gasteiger partial charge in [0, 0.05) is 24.7 Å². The number of aromatic nitrogens is 6. The zero-order valence-corrected chi connectivity index (χ0v) is 11.9. The van der Waals surface area contributed by atoms with Crippen LogP contribution in [0.2, 0.25) is 0 Å². The van der Waals surface area contributed by atoms with E-state index < -0.39 is 0 Å². The Bertz CT molecular complexity index is 717. The van der Waals surface area contributed by atoms with Crippen LogP contribution in [0.3, 0.4) is 0 Å². The minimum atomic E-state index is 0.429. The molecule has 0 radical (unpaired) electrons. The summed E-state index contributed by atoms with van der Waals surface area (Å²) in [5, 5.41) is 4.15. The summed E-state index contributed by atoms with van der Waals surface area (Å²) < 4.78 is 3.82. The number of hydrogen-bond acceptors (Lipinski definition) is 6. The smallest absolute Gasteiger partial charge is 0.165 e. The molecule has 3 aromatic heterocycles. The lowest BCUT2D eigenvalue weighted by Gasteiger charge is -2.03. The first kappa shape index (κ1) is 12.9. The molecule has 0 atom stereocenters. The van der Waals surface area contributed by atoms with E-state index in [0.29, 0.717) is 11.3 Å². The number of nitrogens with two attached hydrogens (primary N) is 1. The molecule has 2 N–H and O–H groups in total. The second-order valence-electron chi connectivity index (χ2n) is 4.42. The highest BCUT2D eigenvalue weighted by Gasteiger charge is 2.07. The number of anilines is 1. The third-order valence-electron chi connectivity index (χ3n) is 2.92. The number of hydrogen-bond donors (Lipinski definition) is 1. The maximum atomic E-state index is 5.76. The lowest BCUT2D eigenvalue weighted by atomic mass is 10.4. The van der Waals surface area contributed by atoms with Gasteiger partial charge in [0.05, 0.1) is 12.5 Å². The van der Waals surface area contributed by atoms with E-state index in [0.717, 1.165) is 24.4 Å². The zero-order chi connectivity index (χ0) is 13.9. The van der Waals surface area contributed by atoms with Crippen molar-refractivity contribution in [3.05, 3.63) is 25.0 Å². The van der Waals surface area contributed by atoms with Gasteiger partial charge < -0.3 is 10.3 Å². The van der Waals surface area contributed by atoms with Gasteiger partial charge in [-0.05, 0) is 12.2 Å². The Labute approximate surface area is 120 Å². The molecule has 0 amide bonds. The van der Waals surface area contributed by atoms with Crippen molar-refractivity contribution in [3.8, 4) is 0 Å². The molecule has 3 rings (SSSR count). The fraction of sp³-hybridized carbons (Fsp3) is 0.333. The third kappa shape index (κ3) is 2.60. The molecule has 0 spiro atoms. The van der Waals surface area contributed by atoms with E-state index in [1.54, 1.807) is 18.1 Å².